The van der Waals surface area contributed by atoms with Gasteiger partial charge in [0.15, 0.2) is 5.96 Å². The Morgan fingerprint density at radius 3 is 1.97 bits per heavy atom. The summed E-state index contributed by atoms with van der Waals surface area (Å²) in [6, 6.07) is -1.78. The first-order valence-corrected chi connectivity index (χ1v) is 9.39. The Hall–Kier alpha value is -2.44. The second-order valence-corrected chi connectivity index (χ2v) is 6.99. The van der Waals surface area contributed by atoms with Gasteiger partial charge in [0.25, 0.3) is 0 Å². The molecule has 12 N–H and O–H groups in total. The molecule has 0 aliphatic carbocycles. The first-order valence-electron chi connectivity index (χ1n) is 9.39. The number of rotatable bonds is 9. The molecule has 1 heterocycles. The summed E-state index contributed by atoms with van der Waals surface area (Å²) >= 11 is 0. The molecule has 0 aromatic carbocycles. The molecule has 0 radical (unpaired) electrons. The fourth-order valence-corrected chi connectivity index (χ4v) is 2.17. The Balaban J connectivity index is 0. The number of carbonyl (C=O) groups is 3. The molecule has 170 valence electrons. The van der Waals surface area contributed by atoms with Gasteiger partial charge in [-0.15, -0.1) is 0 Å². The van der Waals surface area contributed by atoms with Gasteiger partial charge in [-0.05, 0) is 44.6 Å². The Morgan fingerprint density at radius 1 is 1.14 bits per heavy atom. The molecule has 3 atom stereocenters. The predicted molar refractivity (Wildman–Crippen MR) is 108 cm³/mol. The zero-order chi connectivity index (χ0) is 23.0. The van der Waals surface area contributed by atoms with Gasteiger partial charge in [-0.3, -0.25) is 19.8 Å². The molecule has 1 rings (SSSR count). The molecule has 0 bridgehead atoms. The summed E-state index contributed by atoms with van der Waals surface area (Å²) < 4.78 is 0. The number of nitrogens with one attached hydrogen (secondary N) is 3. The van der Waals surface area contributed by atoms with Crippen LogP contribution >= 0.6 is 0 Å². The highest BCUT2D eigenvalue weighted by atomic mass is 16.4. The van der Waals surface area contributed by atoms with Gasteiger partial charge in [0.1, 0.15) is 18.1 Å². The third-order valence-corrected chi connectivity index (χ3v) is 3.73. The number of carboxylic acids is 3. The van der Waals surface area contributed by atoms with Crippen LogP contribution in [0.5, 0.6) is 0 Å². The highest BCUT2D eigenvalue weighted by Crippen LogP contribution is 2.03. The summed E-state index contributed by atoms with van der Waals surface area (Å²) in [7, 11) is 0. The Morgan fingerprint density at radius 2 is 1.69 bits per heavy atom. The van der Waals surface area contributed by atoms with Crippen molar-refractivity contribution in [1.82, 2.24) is 10.6 Å². The zero-order valence-corrected chi connectivity index (χ0v) is 17.1. The van der Waals surface area contributed by atoms with Crippen LogP contribution in [0, 0.1) is 11.3 Å². The number of hydrogen-bond donors (Lipinski definition) is 9. The number of guanidine groups is 1. The number of hydrogen-bond acceptors (Lipinski definition) is 7. The summed E-state index contributed by atoms with van der Waals surface area (Å²) in [5.74, 6) is -2.39. The van der Waals surface area contributed by atoms with Crippen molar-refractivity contribution < 1.29 is 29.7 Å². The van der Waals surface area contributed by atoms with Crippen LogP contribution < -0.4 is 27.8 Å². The second-order valence-electron chi connectivity index (χ2n) is 6.99. The van der Waals surface area contributed by atoms with Crippen molar-refractivity contribution in [2.24, 2.45) is 23.1 Å². The highest BCUT2D eigenvalue weighted by molar-refractivity contribution is 5.74. The van der Waals surface area contributed by atoms with Crippen molar-refractivity contribution in [3.8, 4) is 0 Å². The van der Waals surface area contributed by atoms with Crippen molar-refractivity contribution in [3.63, 3.8) is 0 Å². The number of nitrogens with two attached hydrogens (primary N) is 3. The van der Waals surface area contributed by atoms with E-state index in [4.69, 9.17) is 37.9 Å². The van der Waals surface area contributed by atoms with Crippen LogP contribution in [0.4, 0.5) is 0 Å². The maximum atomic E-state index is 10.2. The third-order valence-electron chi connectivity index (χ3n) is 3.73. The van der Waals surface area contributed by atoms with E-state index >= 15 is 0 Å². The van der Waals surface area contributed by atoms with E-state index in [1.165, 1.54) is 0 Å². The van der Waals surface area contributed by atoms with Crippen LogP contribution in [-0.4, -0.2) is 70.4 Å². The minimum absolute atomic E-state index is 0.112. The topological polar surface area (TPSA) is 238 Å². The first kappa shape index (κ1) is 28.8. The molecule has 0 spiro atoms. The van der Waals surface area contributed by atoms with Crippen LogP contribution in [0.2, 0.25) is 0 Å². The first-order chi connectivity index (χ1) is 13.4. The van der Waals surface area contributed by atoms with Gasteiger partial charge in [0.2, 0.25) is 0 Å². The van der Waals surface area contributed by atoms with Crippen molar-refractivity contribution in [2.75, 3.05) is 13.1 Å². The zero-order valence-electron chi connectivity index (χ0n) is 17.1. The fourth-order valence-electron chi connectivity index (χ4n) is 2.17. The largest absolute Gasteiger partial charge is 0.480 e. The molecule has 1 saturated heterocycles. The van der Waals surface area contributed by atoms with Crippen molar-refractivity contribution in [2.45, 2.75) is 64.1 Å². The molecule has 0 amide bonds. The van der Waals surface area contributed by atoms with Gasteiger partial charge in [0, 0.05) is 6.54 Å². The molecule has 12 nitrogen and oxygen atoms in total. The summed E-state index contributed by atoms with van der Waals surface area (Å²) in [4.78, 5) is 30.5. The SMILES string of the molecule is CC(C)C[C@H](N)C(=O)O.N=C(N)NCCC[C@H](N)C(=O)O.O=C(O)[C@@H]1CCCN1. The molecule has 0 unspecified atom stereocenters. The van der Waals surface area contributed by atoms with E-state index < -0.39 is 30.0 Å². The Bertz CT molecular complexity index is 511. The van der Waals surface area contributed by atoms with Crippen molar-refractivity contribution in [1.29, 1.82) is 5.41 Å². The molecule has 0 aromatic rings. The molecule has 1 aliphatic heterocycles. The van der Waals surface area contributed by atoms with E-state index in [2.05, 4.69) is 10.6 Å². The second kappa shape index (κ2) is 16.5. The summed E-state index contributed by atoms with van der Waals surface area (Å²) in [6.45, 7) is 5.24. The van der Waals surface area contributed by atoms with Gasteiger partial charge in [0.05, 0.1) is 0 Å². The van der Waals surface area contributed by atoms with Crippen LogP contribution in [-0.2, 0) is 14.4 Å². The monoisotopic (exact) mass is 420 g/mol. The lowest BCUT2D eigenvalue weighted by atomic mass is 10.1. The summed E-state index contributed by atoms with van der Waals surface area (Å²) in [5, 5.41) is 37.2. The normalized spacial score (nSPS) is 17.1. The highest BCUT2D eigenvalue weighted by Gasteiger charge is 2.20. The van der Waals surface area contributed by atoms with E-state index in [1.807, 2.05) is 13.8 Å². The van der Waals surface area contributed by atoms with E-state index in [1.54, 1.807) is 0 Å². The molecule has 0 saturated carbocycles. The average molecular weight is 421 g/mol. The minimum Gasteiger partial charge on any atom is -0.480 e. The third kappa shape index (κ3) is 18.7. The summed E-state index contributed by atoms with van der Waals surface area (Å²) in [6.07, 6.45) is 3.31. The minimum atomic E-state index is -1.00. The van der Waals surface area contributed by atoms with E-state index in [-0.39, 0.29) is 12.0 Å². The lowest BCUT2D eigenvalue weighted by Crippen LogP contribution is -2.34. The number of carboxylic acid groups (broad SMARTS) is 3. The molecule has 29 heavy (non-hydrogen) atoms. The Labute approximate surface area is 170 Å². The predicted octanol–water partition coefficient (Wildman–Crippen LogP) is -1.07. The van der Waals surface area contributed by atoms with Gasteiger partial charge >= 0.3 is 17.9 Å². The van der Waals surface area contributed by atoms with Gasteiger partial charge in [-0.1, -0.05) is 13.8 Å². The molecular weight excluding hydrogens is 384 g/mol. The molecule has 12 heteroatoms. The van der Waals surface area contributed by atoms with E-state index in [0.717, 1.165) is 19.4 Å². The maximum absolute atomic E-state index is 10.2. The van der Waals surface area contributed by atoms with Gasteiger partial charge in [-0.2, -0.15) is 0 Å². The lowest BCUT2D eigenvalue weighted by molar-refractivity contribution is -0.139. The number of aliphatic carboxylic acids is 3. The molecule has 1 aliphatic rings. The van der Waals surface area contributed by atoms with E-state index in [0.29, 0.717) is 31.7 Å². The van der Waals surface area contributed by atoms with Gasteiger partial charge in [-0.25, -0.2) is 0 Å². The maximum Gasteiger partial charge on any atom is 0.320 e. The van der Waals surface area contributed by atoms with Gasteiger partial charge < -0.3 is 43.2 Å². The fraction of sp³-hybridized carbons (Fsp3) is 0.765. The molecule has 1 fully saturated rings. The van der Waals surface area contributed by atoms with Crippen LogP contribution in [0.25, 0.3) is 0 Å². The smallest absolute Gasteiger partial charge is 0.320 e. The van der Waals surface area contributed by atoms with Crippen LogP contribution in [0.15, 0.2) is 0 Å². The molecular formula is C17H36N6O6. The van der Waals surface area contributed by atoms with Crippen molar-refractivity contribution >= 4 is 23.9 Å². The Kier molecular flexibility index (Phi) is 16.4. The molecule has 0 aromatic heterocycles. The van der Waals surface area contributed by atoms with Crippen LogP contribution in [0.1, 0.15) is 46.0 Å². The standard InChI is InChI=1S/C6H14N4O2.C6H13NO2.C5H9NO2/c7-4(5(11)12)2-1-3-10-6(8)9;1-4(2)3-5(7)6(8)9;7-5(8)4-2-1-3-6-4/h4H,1-3,7H2,(H,11,12)(H4,8,9,10);4-5H,3,7H2,1-2H3,(H,8,9);4,6H,1-3H2,(H,7,8)/t4-;5-;4-/m000/s1. The lowest BCUT2D eigenvalue weighted by Gasteiger charge is -2.07. The van der Waals surface area contributed by atoms with Crippen LogP contribution in [0.3, 0.4) is 0 Å². The quantitative estimate of drug-likeness (QED) is 0.123. The van der Waals surface area contributed by atoms with Crippen molar-refractivity contribution in [3.05, 3.63) is 0 Å². The average Bonchev–Trinajstić information content (AvgIpc) is 3.13. The van der Waals surface area contributed by atoms with E-state index in [9.17, 15) is 14.4 Å². The summed E-state index contributed by atoms with van der Waals surface area (Å²) in [5.41, 5.74) is 15.4.